The highest BCUT2D eigenvalue weighted by molar-refractivity contribution is 5.90. The molecule has 0 radical (unpaired) electrons. The first-order valence-corrected chi connectivity index (χ1v) is 10.9. The van der Waals surface area contributed by atoms with Crippen LogP contribution in [0.2, 0.25) is 0 Å². The molecule has 0 aliphatic carbocycles. The molecule has 4 rings (SSSR count). The van der Waals surface area contributed by atoms with Gasteiger partial charge in [0, 0.05) is 44.7 Å². The fourth-order valence-corrected chi connectivity index (χ4v) is 3.86. The minimum atomic E-state index is 0.750. The van der Waals surface area contributed by atoms with Crippen LogP contribution in [-0.4, -0.2) is 73.1 Å². The maximum atomic E-state index is 4.96. The van der Waals surface area contributed by atoms with E-state index in [0.29, 0.717) is 0 Å². The van der Waals surface area contributed by atoms with Crippen molar-refractivity contribution in [2.45, 2.75) is 13.0 Å². The van der Waals surface area contributed by atoms with E-state index in [4.69, 9.17) is 9.97 Å². The highest BCUT2D eigenvalue weighted by Gasteiger charge is 2.18. The number of benzene rings is 2. The van der Waals surface area contributed by atoms with E-state index in [1.54, 1.807) is 0 Å². The van der Waals surface area contributed by atoms with Gasteiger partial charge in [-0.15, -0.1) is 0 Å². The molecule has 1 aromatic heterocycles. The van der Waals surface area contributed by atoms with Gasteiger partial charge in [-0.3, -0.25) is 0 Å². The maximum Gasteiger partial charge on any atom is 0.227 e. The molecular formula is C24H32N6. The molecule has 1 N–H and O–H groups in total. The minimum absolute atomic E-state index is 0.750. The monoisotopic (exact) mass is 404 g/mol. The van der Waals surface area contributed by atoms with Crippen LogP contribution < -0.4 is 10.2 Å². The zero-order valence-corrected chi connectivity index (χ0v) is 18.1. The van der Waals surface area contributed by atoms with E-state index in [1.165, 1.54) is 5.56 Å². The van der Waals surface area contributed by atoms with Crippen LogP contribution in [-0.2, 0) is 6.54 Å². The number of anilines is 2. The number of aromatic nitrogens is 2. The Balaban J connectivity index is 1.52. The third-order valence-corrected chi connectivity index (χ3v) is 5.63. The van der Waals surface area contributed by atoms with Gasteiger partial charge in [-0.1, -0.05) is 42.5 Å². The molecule has 0 unspecified atom stereocenters. The first-order valence-electron chi connectivity index (χ1n) is 10.9. The van der Waals surface area contributed by atoms with Gasteiger partial charge in [-0.05, 0) is 44.8 Å². The second-order valence-electron chi connectivity index (χ2n) is 8.21. The average Bonchev–Trinajstić information content (AvgIpc) is 3.02. The summed E-state index contributed by atoms with van der Waals surface area (Å²) in [7, 11) is 4.27. The summed E-state index contributed by atoms with van der Waals surface area (Å²) in [6, 6.07) is 18.7. The van der Waals surface area contributed by atoms with E-state index in [0.717, 1.165) is 74.9 Å². The molecule has 3 aromatic rings. The predicted octanol–water partition coefficient (Wildman–Crippen LogP) is 3.32. The number of hydrogen-bond acceptors (Lipinski definition) is 6. The van der Waals surface area contributed by atoms with Gasteiger partial charge >= 0.3 is 0 Å². The standard InChI is InChI=1S/C24H32N6/c1-28(2)15-16-29-13-8-14-30(18-17-29)24-26-22-12-7-6-11-21(22)23(27-24)25-19-20-9-4-3-5-10-20/h3-7,9-12H,8,13-19H2,1-2H3,(H,25,26,27). The van der Waals surface area contributed by atoms with E-state index in [9.17, 15) is 0 Å². The SMILES string of the molecule is CN(C)CCN1CCCN(c2nc(NCc3ccccc3)c3ccccc3n2)CC1. The van der Waals surface area contributed by atoms with Gasteiger partial charge in [-0.2, -0.15) is 4.98 Å². The van der Waals surface area contributed by atoms with Gasteiger partial charge < -0.3 is 20.0 Å². The van der Waals surface area contributed by atoms with Crippen LogP contribution in [0.4, 0.5) is 11.8 Å². The van der Waals surface area contributed by atoms with Crippen LogP contribution in [0, 0.1) is 0 Å². The van der Waals surface area contributed by atoms with Crippen molar-refractivity contribution in [2.75, 3.05) is 63.6 Å². The highest BCUT2D eigenvalue weighted by atomic mass is 15.3. The van der Waals surface area contributed by atoms with Crippen molar-refractivity contribution in [1.82, 2.24) is 19.8 Å². The lowest BCUT2D eigenvalue weighted by atomic mass is 10.2. The molecule has 1 saturated heterocycles. The van der Waals surface area contributed by atoms with Crippen molar-refractivity contribution in [3.63, 3.8) is 0 Å². The fourth-order valence-electron chi connectivity index (χ4n) is 3.86. The smallest absolute Gasteiger partial charge is 0.227 e. The molecule has 0 amide bonds. The van der Waals surface area contributed by atoms with Crippen LogP contribution in [0.15, 0.2) is 54.6 Å². The van der Waals surface area contributed by atoms with Crippen LogP contribution in [0.25, 0.3) is 10.9 Å². The van der Waals surface area contributed by atoms with Gasteiger partial charge in [0.25, 0.3) is 0 Å². The van der Waals surface area contributed by atoms with Crippen molar-refractivity contribution in [3.05, 3.63) is 60.2 Å². The van der Waals surface area contributed by atoms with E-state index in [-0.39, 0.29) is 0 Å². The molecule has 1 fully saturated rings. The van der Waals surface area contributed by atoms with Crippen molar-refractivity contribution < 1.29 is 0 Å². The number of rotatable bonds is 7. The molecular weight excluding hydrogens is 372 g/mol. The van der Waals surface area contributed by atoms with Crippen molar-refractivity contribution in [3.8, 4) is 0 Å². The number of fused-ring (bicyclic) bond motifs is 1. The van der Waals surface area contributed by atoms with Crippen molar-refractivity contribution in [1.29, 1.82) is 0 Å². The summed E-state index contributed by atoms with van der Waals surface area (Å²) in [5.74, 6) is 1.74. The second kappa shape index (κ2) is 9.87. The maximum absolute atomic E-state index is 4.96. The van der Waals surface area contributed by atoms with E-state index >= 15 is 0 Å². The summed E-state index contributed by atoms with van der Waals surface area (Å²) in [4.78, 5) is 17.0. The quantitative estimate of drug-likeness (QED) is 0.652. The molecule has 0 atom stereocenters. The lowest BCUT2D eigenvalue weighted by Crippen LogP contribution is -2.35. The molecule has 2 aromatic carbocycles. The van der Waals surface area contributed by atoms with E-state index in [1.807, 2.05) is 18.2 Å². The highest BCUT2D eigenvalue weighted by Crippen LogP contribution is 2.24. The Labute approximate surface area is 179 Å². The van der Waals surface area contributed by atoms with Gasteiger partial charge in [-0.25, -0.2) is 4.98 Å². The van der Waals surface area contributed by atoms with Crippen LogP contribution in [0.3, 0.4) is 0 Å². The van der Waals surface area contributed by atoms with Gasteiger partial charge in [0.1, 0.15) is 5.82 Å². The predicted molar refractivity (Wildman–Crippen MR) is 125 cm³/mol. The molecule has 6 heteroatoms. The summed E-state index contributed by atoms with van der Waals surface area (Å²) >= 11 is 0. The third kappa shape index (κ3) is 5.26. The molecule has 2 heterocycles. The largest absolute Gasteiger partial charge is 0.365 e. The van der Waals surface area contributed by atoms with Crippen molar-refractivity contribution >= 4 is 22.7 Å². The Morgan fingerprint density at radius 3 is 2.53 bits per heavy atom. The van der Waals surface area contributed by atoms with E-state index in [2.05, 4.69) is 70.5 Å². The zero-order chi connectivity index (χ0) is 20.8. The molecule has 0 bridgehead atoms. The second-order valence-corrected chi connectivity index (χ2v) is 8.21. The molecule has 6 nitrogen and oxygen atoms in total. The normalized spacial score (nSPS) is 15.5. The molecule has 1 aliphatic rings. The Bertz CT molecular complexity index is 943. The van der Waals surface area contributed by atoms with Crippen LogP contribution in [0.5, 0.6) is 0 Å². The van der Waals surface area contributed by atoms with Gasteiger partial charge in [0.05, 0.1) is 5.52 Å². The lowest BCUT2D eigenvalue weighted by molar-refractivity contribution is 0.254. The zero-order valence-electron chi connectivity index (χ0n) is 18.1. The molecule has 0 saturated carbocycles. The molecule has 158 valence electrons. The van der Waals surface area contributed by atoms with Crippen LogP contribution in [0.1, 0.15) is 12.0 Å². The van der Waals surface area contributed by atoms with Crippen molar-refractivity contribution in [2.24, 2.45) is 0 Å². The Kier molecular flexibility index (Phi) is 6.77. The number of hydrogen-bond donors (Lipinski definition) is 1. The van der Waals surface area contributed by atoms with Gasteiger partial charge in [0.2, 0.25) is 5.95 Å². The number of nitrogens with zero attached hydrogens (tertiary/aromatic N) is 5. The lowest BCUT2D eigenvalue weighted by Gasteiger charge is -2.23. The number of likely N-dealkylation sites (N-methyl/N-ethyl adjacent to an activating group) is 1. The minimum Gasteiger partial charge on any atom is -0.365 e. The fraction of sp³-hybridized carbons (Fsp3) is 0.417. The Morgan fingerprint density at radius 2 is 1.70 bits per heavy atom. The molecule has 0 spiro atoms. The summed E-state index contributed by atoms with van der Waals surface area (Å²) in [5, 5.41) is 4.62. The summed E-state index contributed by atoms with van der Waals surface area (Å²) in [5.41, 5.74) is 2.24. The average molecular weight is 405 g/mol. The Morgan fingerprint density at radius 1 is 0.900 bits per heavy atom. The molecule has 1 aliphatic heterocycles. The third-order valence-electron chi connectivity index (χ3n) is 5.63. The Hall–Kier alpha value is -2.70. The van der Waals surface area contributed by atoms with Gasteiger partial charge in [0.15, 0.2) is 0 Å². The van der Waals surface area contributed by atoms with E-state index < -0.39 is 0 Å². The number of nitrogens with one attached hydrogen (secondary N) is 1. The summed E-state index contributed by atoms with van der Waals surface area (Å²) in [6.07, 6.45) is 1.14. The first-order chi connectivity index (χ1) is 14.7. The topological polar surface area (TPSA) is 47.5 Å². The summed E-state index contributed by atoms with van der Waals surface area (Å²) in [6.45, 7) is 7.11. The number of para-hydroxylation sites is 1. The first kappa shape index (κ1) is 20.6. The summed E-state index contributed by atoms with van der Waals surface area (Å²) < 4.78 is 0. The molecule has 30 heavy (non-hydrogen) atoms. The van der Waals surface area contributed by atoms with Crippen LogP contribution >= 0.6 is 0 Å².